The summed E-state index contributed by atoms with van der Waals surface area (Å²) in [6, 6.07) is 12.9. The number of nitrogens with zero attached hydrogens (tertiary/aromatic N) is 1. The molecule has 0 bridgehead atoms. The lowest BCUT2D eigenvalue weighted by Gasteiger charge is -2.13. The average Bonchev–Trinajstić information content (AvgIpc) is 2.63. The maximum atomic E-state index is 9.91. The molecule has 0 aliphatic carbocycles. The molecular weight excluding hydrogens is 433 g/mol. The number of hydrogen-bond acceptors (Lipinski definition) is 4. The van der Waals surface area contributed by atoms with E-state index < -0.39 is 0 Å². The number of phenolic OH excluding ortho intramolecular Hbond substituents is 1. The fraction of sp³-hybridized carbons (Fsp3) is 0.278. The Balaban J connectivity index is 0.00000312. The molecule has 2 aromatic rings. The van der Waals surface area contributed by atoms with Gasteiger partial charge in [0.15, 0.2) is 5.96 Å². The van der Waals surface area contributed by atoms with Crippen molar-refractivity contribution in [1.29, 1.82) is 0 Å². The van der Waals surface area contributed by atoms with Crippen LogP contribution in [0.2, 0.25) is 0 Å². The number of nitrogens with one attached hydrogen (secondary N) is 2. The Morgan fingerprint density at radius 2 is 1.68 bits per heavy atom. The molecule has 6 nitrogen and oxygen atoms in total. The van der Waals surface area contributed by atoms with Crippen LogP contribution >= 0.6 is 24.0 Å². The summed E-state index contributed by atoms with van der Waals surface area (Å²) in [5.41, 5.74) is 1.82. The fourth-order valence-electron chi connectivity index (χ4n) is 2.20. The lowest BCUT2D eigenvalue weighted by Crippen LogP contribution is -2.36. The topological polar surface area (TPSA) is 75.1 Å². The first kappa shape index (κ1) is 20.9. The van der Waals surface area contributed by atoms with E-state index in [0.717, 1.165) is 16.9 Å². The van der Waals surface area contributed by atoms with Crippen LogP contribution in [-0.2, 0) is 13.1 Å². The molecule has 0 amide bonds. The maximum absolute atomic E-state index is 9.91. The molecule has 0 saturated heterocycles. The van der Waals surface area contributed by atoms with Crippen LogP contribution in [-0.4, -0.2) is 32.3 Å². The van der Waals surface area contributed by atoms with Gasteiger partial charge in [-0.3, -0.25) is 4.99 Å². The standard InChI is InChI=1S/C18H23N3O3.HI/c1-19-18(20-11-13-5-4-6-15(9-13)23-2)21-12-14-10-16(24-3)7-8-17(14)22;/h4-10,22H,11-12H2,1-3H3,(H2,19,20,21);1H. The minimum atomic E-state index is 0. The first-order chi connectivity index (χ1) is 11.7. The number of aromatic hydroxyl groups is 1. The van der Waals surface area contributed by atoms with E-state index in [1.807, 2.05) is 24.3 Å². The Morgan fingerprint density at radius 1 is 1.00 bits per heavy atom. The molecule has 0 aliphatic rings. The van der Waals surface area contributed by atoms with Crippen LogP contribution in [0.4, 0.5) is 0 Å². The van der Waals surface area contributed by atoms with E-state index in [2.05, 4.69) is 15.6 Å². The van der Waals surface area contributed by atoms with Crippen LogP contribution in [0.15, 0.2) is 47.5 Å². The zero-order chi connectivity index (χ0) is 17.4. The van der Waals surface area contributed by atoms with Gasteiger partial charge in [-0.2, -0.15) is 0 Å². The van der Waals surface area contributed by atoms with Crippen molar-refractivity contribution in [1.82, 2.24) is 10.6 Å². The van der Waals surface area contributed by atoms with Crippen LogP contribution < -0.4 is 20.1 Å². The Bertz CT molecular complexity index is 708. The van der Waals surface area contributed by atoms with Crippen molar-refractivity contribution < 1.29 is 14.6 Å². The van der Waals surface area contributed by atoms with E-state index in [1.165, 1.54) is 0 Å². The van der Waals surface area contributed by atoms with Crippen LogP contribution in [0.1, 0.15) is 11.1 Å². The summed E-state index contributed by atoms with van der Waals surface area (Å²) in [7, 11) is 4.94. The minimum absolute atomic E-state index is 0. The zero-order valence-corrected chi connectivity index (χ0v) is 16.9. The highest BCUT2D eigenvalue weighted by Crippen LogP contribution is 2.22. The summed E-state index contributed by atoms with van der Waals surface area (Å²) in [6.07, 6.45) is 0. The van der Waals surface area contributed by atoms with E-state index >= 15 is 0 Å². The number of benzene rings is 2. The monoisotopic (exact) mass is 457 g/mol. The number of rotatable bonds is 6. The quantitative estimate of drug-likeness (QED) is 0.354. The molecule has 7 heteroatoms. The van der Waals surface area contributed by atoms with Gasteiger partial charge in [-0.05, 0) is 35.9 Å². The maximum Gasteiger partial charge on any atom is 0.191 e. The summed E-state index contributed by atoms with van der Waals surface area (Å²) in [4.78, 5) is 4.18. The third kappa shape index (κ3) is 6.33. The number of guanidine groups is 1. The second-order valence-corrected chi connectivity index (χ2v) is 5.13. The molecule has 0 fully saturated rings. The van der Waals surface area contributed by atoms with Crippen molar-refractivity contribution in [3.63, 3.8) is 0 Å². The summed E-state index contributed by atoms with van der Waals surface area (Å²) in [5.74, 6) is 2.37. The van der Waals surface area contributed by atoms with Crippen LogP contribution in [0.25, 0.3) is 0 Å². The van der Waals surface area contributed by atoms with Crippen LogP contribution in [0, 0.1) is 0 Å². The number of ether oxygens (including phenoxy) is 2. The van der Waals surface area contributed by atoms with Crippen molar-refractivity contribution in [3.05, 3.63) is 53.6 Å². The molecule has 3 N–H and O–H groups in total. The number of aliphatic imine (C=N–C) groups is 1. The molecule has 25 heavy (non-hydrogen) atoms. The highest BCUT2D eigenvalue weighted by atomic mass is 127. The van der Waals surface area contributed by atoms with Gasteiger partial charge in [0, 0.05) is 25.7 Å². The fourth-order valence-corrected chi connectivity index (χ4v) is 2.20. The van der Waals surface area contributed by atoms with Gasteiger partial charge in [0.25, 0.3) is 0 Å². The van der Waals surface area contributed by atoms with Crippen molar-refractivity contribution >= 4 is 29.9 Å². The molecular formula is C18H24IN3O3. The lowest BCUT2D eigenvalue weighted by atomic mass is 10.2. The van der Waals surface area contributed by atoms with E-state index in [-0.39, 0.29) is 29.7 Å². The van der Waals surface area contributed by atoms with Gasteiger partial charge < -0.3 is 25.2 Å². The first-order valence-corrected chi connectivity index (χ1v) is 7.59. The second-order valence-electron chi connectivity index (χ2n) is 5.13. The number of methoxy groups -OCH3 is 2. The largest absolute Gasteiger partial charge is 0.508 e. The van der Waals surface area contributed by atoms with E-state index in [0.29, 0.717) is 24.8 Å². The van der Waals surface area contributed by atoms with Crippen LogP contribution in [0.3, 0.4) is 0 Å². The van der Waals surface area contributed by atoms with Gasteiger partial charge in [-0.25, -0.2) is 0 Å². The van der Waals surface area contributed by atoms with Gasteiger partial charge >= 0.3 is 0 Å². The first-order valence-electron chi connectivity index (χ1n) is 7.59. The van der Waals surface area contributed by atoms with E-state index in [9.17, 15) is 5.11 Å². The lowest BCUT2D eigenvalue weighted by molar-refractivity contribution is 0.410. The molecule has 136 valence electrons. The van der Waals surface area contributed by atoms with Crippen molar-refractivity contribution in [3.8, 4) is 17.2 Å². The summed E-state index contributed by atoms with van der Waals surface area (Å²) >= 11 is 0. The summed E-state index contributed by atoms with van der Waals surface area (Å²) < 4.78 is 10.4. The highest BCUT2D eigenvalue weighted by Gasteiger charge is 2.05. The molecule has 0 heterocycles. The minimum Gasteiger partial charge on any atom is -0.508 e. The number of phenols is 1. The predicted octanol–water partition coefficient (Wildman–Crippen LogP) is 2.89. The Morgan fingerprint density at radius 3 is 2.36 bits per heavy atom. The zero-order valence-electron chi connectivity index (χ0n) is 14.6. The molecule has 0 spiro atoms. The van der Waals surface area contributed by atoms with Gasteiger partial charge in [0.1, 0.15) is 17.2 Å². The summed E-state index contributed by atoms with van der Waals surface area (Å²) in [6.45, 7) is 1.04. The Hall–Kier alpha value is -2.16. The average molecular weight is 457 g/mol. The molecule has 0 aromatic heterocycles. The third-order valence-electron chi connectivity index (χ3n) is 3.55. The van der Waals surface area contributed by atoms with Crippen molar-refractivity contribution in [2.24, 2.45) is 4.99 Å². The molecule has 0 unspecified atom stereocenters. The molecule has 0 atom stereocenters. The molecule has 0 radical (unpaired) electrons. The van der Waals surface area contributed by atoms with E-state index in [4.69, 9.17) is 9.47 Å². The molecule has 2 aromatic carbocycles. The van der Waals surface area contributed by atoms with Crippen molar-refractivity contribution in [2.75, 3.05) is 21.3 Å². The molecule has 0 aliphatic heterocycles. The van der Waals surface area contributed by atoms with Crippen LogP contribution in [0.5, 0.6) is 17.2 Å². The van der Waals surface area contributed by atoms with Gasteiger partial charge in [-0.15, -0.1) is 24.0 Å². The molecule has 2 rings (SSSR count). The van der Waals surface area contributed by atoms with Crippen molar-refractivity contribution in [2.45, 2.75) is 13.1 Å². The van der Waals surface area contributed by atoms with Gasteiger partial charge in [-0.1, -0.05) is 12.1 Å². The Labute approximate surface area is 165 Å². The smallest absolute Gasteiger partial charge is 0.191 e. The summed E-state index contributed by atoms with van der Waals surface area (Å²) in [5, 5.41) is 16.3. The highest BCUT2D eigenvalue weighted by molar-refractivity contribution is 14.0. The van der Waals surface area contributed by atoms with Gasteiger partial charge in [0.2, 0.25) is 0 Å². The van der Waals surface area contributed by atoms with E-state index in [1.54, 1.807) is 39.5 Å². The Kier molecular flexibility index (Phi) is 8.90. The number of hydrogen-bond donors (Lipinski definition) is 3. The molecule has 0 saturated carbocycles. The normalized spacial score (nSPS) is 10.6. The number of halogens is 1. The SMILES string of the molecule is CN=C(NCc1cccc(OC)c1)NCc1cc(OC)ccc1O.I. The third-order valence-corrected chi connectivity index (χ3v) is 3.55. The predicted molar refractivity (Wildman–Crippen MR) is 110 cm³/mol. The van der Waals surface area contributed by atoms with Gasteiger partial charge in [0.05, 0.1) is 14.2 Å². The second kappa shape index (κ2) is 10.7.